The molecule has 1 N–H and O–H groups in total. The predicted molar refractivity (Wildman–Crippen MR) is 159 cm³/mol. The summed E-state index contributed by atoms with van der Waals surface area (Å²) in [6.07, 6.45) is -3.65. The third-order valence-electron chi connectivity index (χ3n) is 7.30. The van der Waals surface area contributed by atoms with Crippen LogP contribution in [0.15, 0.2) is 66.7 Å². The van der Waals surface area contributed by atoms with E-state index >= 15 is 0 Å². The van der Waals surface area contributed by atoms with Gasteiger partial charge in [-0.2, -0.15) is 18.4 Å². The summed E-state index contributed by atoms with van der Waals surface area (Å²) in [5, 5.41) is 19.8. The SMILES string of the molecule is C[C@H](Cc1cc(C#N)c2c(c1)CCN2CCCOCc1ccccc1)N(CCOc1ccccc1OCC(F)(F)F)C(=O)O. The van der Waals surface area contributed by atoms with Gasteiger partial charge in [0.1, 0.15) is 12.7 Å². The molecule has 0 saturated heterocycles. The van der Waals surface area contributed by atoms with Crippen LogP contribution in [0, 0.1) is 11.3 Å². The Morgan fingerprint density at radius 2 is 1.75 bits per heavy atom. The van der Waals surface area contributed by atoms with Crippen molar-refractivity contribution in [3.05, 3.63) is 89.0 Å². The zero-order valence-corrected chi connectivity index (χ0v) is 24.6. The number of carbonyl (C=O) groups is 1. The second kappa shape index (κ2) is 15.3. The first-order valence-corrected chi connectivity index (χ1v) is 14.5. The molecule has 8 nitrogen and oxygen atoms in total. The van der Waals surface area contributed by atoms with Crippen molar-refractivity contribution in [2.24, 2.45) is 0 Å². The molecule has 1 atom stereocenters. The Bertz CT molecular complexity index is 1430. The minimum Gasteiger partial charge on any atom is -0.488 e. The van der Waals surface area contributed by atoms with Crippen LogP contribution < -0.4 is 14.4 Å². The first-order valence-electron chi connectivity index (χ1n) is 14.5. The number of carboxylic acid groups (broad SMARTS) is 1. The summed E-state index contributed by atoms with van der Waals surface area (Å²) in [7, 11) is 0. The zero-order chi connectivity index (χ0) is 31.5. The molecule has 3 aromatic rings. The average Bonchev–Trinajstić information content (AvgIpc) is 3.40. The molecule has 0 radical (unpaired) electrons. The van der Waals surface area contributed by atoms with Gasteiger partial charge in [0.15, 0.2) is 18.1 Å². The number of amides is 1. The van der Waals surface area contributed by atoms with Gasteiger partial charge in [0.25, 0.3) is 0 Å². The number of rotatable bonds is 15. The van der Waals surface area contributed by atoms with Gasteiger partial charge < -0.3 is 29.1 Å². The lowest BCUT2D eigenvalue weighted by atomic mass is 9.98. The molecule has 0 unspecified atom stereocenters. The molecule has 1 heterocycles. The molecular weight excluding hydrogens is 575 g/mol. The molecule has 1 aliphatic heterocycles. The summed E-state index contributed by atoms with van der Waals surface area (Å²) in [5.74, 6) is 0.0232. The fraction of sp³-hybridized carbons (Fsp3) is 0.394. The van der Waals surface area contributed by atoms with Crippen LogP contribution in [0.5, 0.6) is 11.5 Å². The van der Waals surface area contributed by atoms with Gasteiger partial charge in [0, 0.05) is 25.7 Å². The van der Waals surface area contributed by atoms with Crippen LogP contribution in [0.4, 0.5) is 23.7 Å². The lowest BCUT2D eigenvalue weighted by molar-refractivity contribution is -0.153. The van der Waals surface area contributed by atoms with Crippen LogP contribution in [-0.2, 0) is 24.2 Å². The summed E-state index contributed by atoms with van der Waals surface area (Å²) < 4.78 is 54.0. The number of nitriles is 1. The molecule has 0 saturated carbocycles. The van der Waals surface area contributed by atoms with Gasteiger partial charge in [-0.05, 0) is 61.1 Å². The Kier molecular flexibility index (Phi) is 11.3. The van der Waals surface area contributed by atoms with E-state index in [9.17, 15) is 28.3 Å². The normalized spacial score (nSPS) is 13.2. The molecule has 4 rings (SSSR count). The van der Waals surface area contributed by atoms with Crippen molar-refractivity contribution in [3.8, 4) is 17.6 Å². The van der Waals surface area contributed by atoms with Gasteiger partial charge >= 0.3 is 12.3 Å². The fourth-order valence-electron chi connectivity index (χ4n) is 5.30. The van der Waals surface area contributed by atoms with Crippen molar-refractivity contribution in [2.75, 3.05) is 44.4 Å². The number of fused-ring (bicyclic) bond motifs is 1. The number of alkyl halides is 3. The Morgan fingerprint density at radius 1 is 1.05 bits per heavy atom. The number of ether oxygens (including phenoxy) is 3. The second-order valence-corrected chi connectivity index (χ2v) is 10.6. The van der Waals surface area contributed by atoms with E-state index in [0.717, 1.165) is 48.3 Å². The van der Waals surface area contributed by atoms with Crippen LogP contribution >= 0.6 is 0 Å². The van der Waals surface area contributed by atoms with E-state index < -0.39 is 24.9 Å². The summed E-state index contributed by atoms with van der Waals surface area (Å²) in [4.78, 5) is 15.5. The largest absolute Gasteiger partial charge is 0.488 e. The highest BCUT2D eigenvalue weighted by Gasteiger charge is 2.29. The lowest BCUT2D eigenvalue weighted by Gasteiger charge is -2.27. The number of nitrogens with zero attached hydrogens (tertiary/aromatic N) is 3. The van der Waals surface area contributed by atoms with Crippen LogP contribution in [0.2, 0.25) is 0 Å². The summed E-state index contributed by atoms with van der Waals surface area (Å²) >= 11 is 0. The Hall–Kier alpha value is -4.43. The standard InChI is InChI=1S/C33H36F3N3O5/c1-24(39(32(40)41)15-17-43-29-10-5-6-11-30(29)44-23-33(34,35)36)18-26-19-27-12-14-38(31(27)28(20-26)21-37)13-7-16-42-22-25-8-3-2-4-9-25/h2-6,8-11,19-20,24H,7,12-18,22-23H2,1H3,(H,40,41)/t24-/m1/s1. The van der Waals surface area contributed by atoms with E-state index in [1.807, 2.05) is 42.5 Å². The molecule has 0 aliphatic carbocycles. The first kappa shape index (κ1) is 32.5. The molecule has 234 valence electrons. The number of hydrogen-bond donors (Lipinski definition) is 1. The maximum Gasteiger partial charge on any atom is 0.422 e. The van der Waals surface area contributed by atoms with Gasteiger partial charge in [-0.1, -0.05) is 48.5 Å². The van der Waals surface area contributed by atoms with Gasteiger partial charge in [0.05, 0.1) is 24.4 Å². The molecule has 0 spiro atoms. The molecule has 1 aliphatic rings. The van der Waals surface area contributed by atoms with Crippen LogP contribution in [-0.4, -0.2) is 67.8 Å². The minimum absolute atomic E-state index is 0.0136. The van der Waals surface area contributed by atoms with Crippen molar-refractivity contribution in [3.63, 3.8) is 0 Å². The van der Waals surface area contributed by atoms with E-state index in [0.29, 0.717) is 25.2 Å². The lowest BCUT2D eigenvalue weighted by Crippen LogP contribution is -2.41. The Morgan fingerprint density at radius 3 is 2.43 bits per heavy atom. The van der Waals surface area contributed by atoms with Crippen molar-refractivity contribution in [2.45, 2.75) is 45.0 Å². The van der Waals surface area contributed by atoms with Gasteiger partial charge in [-0.25, -0.2) is 4.79 Å². The third-order valence-corrected chi connectivity index (χ3v) is 7.30. The fourth-order valence-corrected chi connectivity index (χ4v) is 5.30. The van der Waals surface area contributed by atoms with Crippen molar-refractivity contribution >= 4 is 11.8 Å². The number of benzene rings is 3. The van der Waals surface area contributed by atoms with Gasteiger partial charge in [-0.3, -0.25) is 0 Å². The molecule has 11 heteroatoms. The van der Waals surface area contributed by atoms with Crippen molar-refractivity contribution in [1.82, 2.24) is 4.90 Å². The van der Waals surface area contributed by atoms with Crippen LogP contribution in [0.3, 0.4) is 0 Å². The van der Waals surface area contributed by atoms with E-state index in [-0.39, 0.29) is 24.7 Å². The molecular formula is C33H36F3N3O5. The molecule has 0 bridgehead atoms. The first-order chi connectivity index (χ1) is 21.1. The Balaban J connectivity index is 1.31. The Labute approximate surface area is 255 Å². The zero-order valence-electron chi connectivity index (χ0n) is 24.6. The van der Waals surface area contributed by atoms with Crippen LogP contribution in [0.1, 0.15) is 35.6 Å². The van der Waals surface area contributed by atoms with E-state index in [4.69, 9.17) is 14.2 Å². The monoisotopic (exact) mass is 611 g/mol. The summed E-state index contributed by atoms with van der Waals surface area (Å²) in [6, 6.07) is 21.7. The minimum atomic E-state index is -4.50. The maximum atomic E-state index is 12.6. The van der Waals surface area contributed by atoms with Gasteiger partial charge in [-0.15, -0.1) is 0 Å². The number of anilines is 1. The van der Waals surface area contributed by atoms with E-state index in [2.05, 4.69) is 11.0 Å². The smallest absolute Gasteiger partial charge is 0.422 e. The topological polar surface area (TPSA) is 95.3 Å². The number of hydrogen-bond acceptors (Lipinski definition) is 6. The highest BCUT2D eigenvalue weighted by Crippen LogP contribution is 2.34. The summed E-state index contributed by atoms with van der Waals surface area (Å²) in [5.41, 5.74) is 4.55. The van der Waals surface area contributed by atoms with E-state index in [1.165, 1.54) is 23.1 Å². The molecule has 1 amide bonds. The third kappa shape index (κ3) is 9.28. The van der Waals surface area contributed by atoms with Gasteiger partial charge in [0.2, 0.25) is 0 Å². The molecule has 3 aromatic carbocycles. The second-order valence-electron chi connectivity index (χ2n) is 10.6. The number of halogens is 3. The van der Waals surface area contributed by atoms with Crippen molar-refractivity contribution in [1.29, 1.82) is 5.26 Å². The van der Waals surface area contributed by atoms with E-state index in [1.54, 1.807) is 13.0 Å². The highest BCUT2D eigenvalue weighted by molar-refractivity contribution is 5.69. The molecule has 0 aromatic heterocycles. The molecule has 44 heavy (non-hydrogen) atoms. The van der Waals surface area contributed by atoms with Crippen molar-refractivity contribution < 1.29 is 37.3 Å². The number of para-hydroxylation sites is 2. The molecule has 0 fully saturated rings. The quantitative estimate of drug-likeness (QED) is 0.197. The average molecular weight is 612 g/mol. The van der Waals surface area contributed by atoms with Crippen LogP contribution in [0.25, 0.3) is 0 Å². The predicted octanol–water partition coefficient (Wildman–Crippen LogP) is 6.46. The highest BCUT2D eigenvalue weighted by atomic mass is 19.4. The maximum absolute atomic E-state index is 12.6. The summed E-state index contributed by atoms with van der Waals surface area (Å²) in [6.45, 7) is 2.96.